The van der Waals surface area contributed by atoms with Gasteiger partial charge in [-0.2, -0.15) is 0 Å². The van der Waals surface area contributed by atoms with Crippen LogP contribution < -0.4 is 0 Å². The van der Waals surface area contributed by atoms with Crippen LogP contribution in [0.5, 0.6) is 0 Å². The summed E-state index contributed by atoms with van der Waals surface area (Å²) in [5, 5.41) is 4.54. The molecule has 262 valence electrons. The lowest BCUT2D eigenvalue weighted by atomic mass is 9.99. The summed E-state index contributed by atoms with van der Waals surface area (Å²) in [5.74, 6) is 2.57. The molecule has 11 rings (SSSR count). The molecule has 3 heterocycles. The van der Waals surface area contributed by atoms with Crippen molar-refractivity contribution in [1.82, 2.24) is 24.5 Å². The number of benzene rings is 8. The highest BCUT2D eigenvalue weighted by Gasteiger charge is 2.19. The maximum atomic E-state index is 6.26. The summed E-state index contributed by atoms with van der Waals surface area (Å²) in [7, 11) is 0. The molecule has 0 atom stereocenters. The molecule has 3 aromatic heterocycles. The molecule has 8 aromatic carbocycles. The largest absolute Gasteiger partial charge is 0.436 e. The van der Waals surface area contributed by atoms with Crippen molar-refractivity contribution in [3.63, 3.8) is 0 Å². The van der Waals surface area contributed by atoms with E-state index in [2.05, 4.69) is 108 Å². The molecule has 11 aromatic rings. The van der Waals surface area contributed by atoms with Gasteiger partial charge in [-0.3, -0.25) is 0 Å². The van der Waals surface area contributed by atoms with Crippen LogP contribution in [0.25, 0.3) is 106 Å². The fraction of sp³-hybridized carbons (Fsp3) is 0. The highest BCUT2D eigenvalue weighted by Crippen LogP contribution is 2.39. The van der Waals surface area contributed by atoms with Crippen LogP contribution in [0, 0.1) is 0 Å². The van der Waals surface area contributed by atoms with Crippen molar-refractivity contribution < 1.29 is 4.42 Å². The van der Waals surface area contributed by atoms with E-state index in [0.29, 0.717) is 23.4 Å². The molecular formula is C50H31N5O. The van der Waals surface area contributed by atoms with Crippen LogP contribution in [0.2, 0.25) is 0 Å². The third-order valence-electron chi connectivity index (χ3n) is 10.5. The molecule has 0 aliphatic carbocycles. The smallest absolute Gasteiger partial charge is 0.228 e. The minimum Gasteiger partial charge on any atom is -0.436 e. The van der Waals surface area contributed by atoms with E-state index >= 15 is 0 Å². The Labute approximate surface area is 322 Å². The number of oxazole rings is 1. The topological polar surface area (TPSA) is 69.6 Å². The summed E-state index contributed by atoms with van der Waals surface area (Å²) in [4.78, 5) is 19.6. The molecule has 0 aliphatic rings. The zero-order valence-corrected chi connectivity index (χ0v) is 30.0. The predicted octanol–water partition coefficient (Wildman–Crippen LogP) is 12.6. The van der Waals surface area contributed by atoms with Crippen molar-refractivity contribution in [2.45, 2.75) is 0 Å². The lowest BCUT2D eigenvalue weighted by Gasteiger charge is -2.11. The molecule has 0 N–H and O–H groups in total. The van der Waals surface area contributed by atoms with Crippen molar-refractivity contribution in [3.8, 4) is 62.4 Å². The zero-order valence-electron chi connectivity index (χ0n) is 30.0. The Balaban J connectivity index is 0.948. The first-order valence-electron chi connectivity index (χ1n) is 18.6. The number of hydrogen-bond donors (Lipinski definition) is 0. The van der Waals surface area contributed by atoms with Crippen molar-refractivity contribution in [3.05, 3.63) is 188 Å². The van der Waals surface area contributed by atoms with Crippen LogP contribution in [-0.4, -0.2) is 24.5 Å². The summed E-state index contributed by atoms with van der Waals surface area (Å²) in [5.41, 5.74) is 11.1. The molecule has 0 bridgehead atoms. The Morgan fingerprint density at radius 1 is 0.393 bits per heavy atom. The quantitative estimate of drug-likeness (QED) is 0.171. The van der Waals surface area contributed by atoms with Crippen molar-refractivity contribution in [1.29, 1.82) is 0 Å². The Hall–Kier alpha value is -7.70. The van der Waals surface area contributed by atoms with Crippen LogP contribution in [-0.2, 0) is 0 Å². The molecule has 0 aliphatic heterocycles. The van der Waals surface area contributed by atoms with E-state index in [1.807, 2.05) is 84.9 Å². The molecular weight excluding hydrogens is 687 g/mol. The summed E-state index contributed by atoms with van der Waals surface area (Å²) < 4.78 is 8.59. The number of aromatic nitrogens is 5. The van der Waals surface area contributed by atoms with Gasteiger partial charge in [0.2, 0.25) is 5.89 Å². The third-order valence-corrected chi connectivity index (χ3v) is 10.5. The summed E-state index contributed by atoms with van der Waals surface area (Å²) in [6, 6.07) is 64.8. The van der Waals surface area contributed by atoms with E-state index in [0.717, 1.165) is 82.7 Å². The highest BCUT2D eigenvalue weighted by atomic mass is 16.3. The van der Waals surface area contributed by atoms with Gasteiger partial charge in [-0.05, 0) is 76.5 Å². The molecule has 6 heteroatoms. The molecule has 0 radical (unpaired) electrons. The standard InChI is InChI=1S/C50H31N5O/c1-3-12-33(13-4-1)47-52-48(34-14-5-2-6-15-34)54-49(53-47)38-25-24-36-30-35(22-23-37(36)31-38)32-26-28-39(29-27-32)55-43-19-9-7-16-40(43)46-41(17-11-20-44(46)55)50-51-42-18-8-10-21-45(42)56-50/h1-31H. The summed E-state index contributed by atoms with van der Waals surface area (Å²) in [6.07, 6.45) is 0. The van der Waals surface area contributed by atoms with Crippen LogP contribution in [0.15, 0.2) is 192 Å². The van der Waals surface area contributed by atoms with Gasteiger partial charge in [0, 0.05) is 38.7 Å². The van der Waals surface area contributed by atoms with Gasteiger partial charge in [0.15, 0.2) is 23.1 Å². The molecule has 0 amide bonds. The van der Waals surface area contributed by atoms with E-state index in [1.54, 1.807) is 0 Å². The fourth-order valence-electron chi connectivity index (χ4n) is 7.77. The number of hydrogen-bond acceptors (Lipinski definition) is 5. The first kappa shape index (κ1) is 31.8. The Kier molecular flexibility index (Phi) is 7.38. The molecule has 6 nitrogen and oxygen atoms in total. The molecule has 0 saturated carbocycles. The minimum atomic E-state index is 0.626. The normalized spacial score (nSPS) is 11.6. The van der Waals surface area contributed by atoms with Gasteiger partial charge in [0.05, 0.1) is 11.0 Å². The number of fused-ring (bicyclic) bond motifs is 5. The van der Waals surface area contributed by atoms with Gasteiger partial charge in [-0.25, -0.2) is 19.9 Å². The molecule has 56 heavy (non-hydrogen) atoms. The van der Waals surface area contributed by atoms with Gasteiger partial charge < -0.3 is 8.98 Å². The SMILES string of the molecule is c1ccc(-c2nc(-c3ccccc3)nc(-c3ccc4cc(-c5ccc(-n6c7ccccc7c7c(-c8nc9ccccc9o8)cccc76)cc5)ccc4c3)n2)cc1. The summed E-state index contributed by atoms with van der Waals surface area (Å²) in [6.45, 7) is 0. The first-order valence-corrected chi connectivity index (χ1v) is 18.6. The average molecular weight is 718 g/mol. The third kappa shape index (κ3) is 5.43. The van der Waals surface area contributed by atoms with Gasteiger partial charge >= 0.3 is 0 Å². The maximum absolute atomic E-state index is 6.26. The van der Waals surface area contributed by atoms with Crippen LogP contribution in [0.1, 0.15) is 0 Å². The predicted molar refractivity (Wildman–Crippen MR) is 226 cm³/mol. The lowest BCUT2D eigenvalue weighted by molar-refractivity contribution is 0.620. The van der Waals surface area contributed by atoms with E-state index in [-0.39, 0.29) is 0 Å². The van der Waals surface area contributed by atoms with Crippen LogP contribution >= 0.6 is 0 Å². The molecule has 0 unspecified atom stereocenters. The Morgan fingerprint density at radius 2 is 0.964 bits per heavy atom. The van der Waals surface area contributed by atoms with Crippen LogP contribution in [0.4, 0.5) is 0 Å². The zero-order chi connectivity index (χ0) is 37.0. The van der Waals surface area contributed by atoms with Gasteiger partial charge in [0.1, 0.15) is 5.52 Å². The minimum absolute atomic E-state index is 0.626. The van der Waals surface area contributed by atoms with E-state index in [9.17, 15) is 0 Å². The first-order chi connectivity index (χ1) is 27.7. The van der Waals surface area contributed by atoms with Gasteiger partial charge in [0.25, 0.3) is 0 Å². The van der Waals surface area contributed by atoms with E-state index in [4.69, 9.17) is 24.4 Å². The van der Waals surface area contributed by atoms with Crippen LogP contribution in [0.3, 0.4) is 0 Å². The molecule has 0 spiro atoms. The highest BCUT2D eigenvalue weighted by molar-refractivity contribution is 6.15. The monoisotopic (exact) mass is 717 g/mol. The molecule has 0 saturated heterocycles. The fourth-order valence-corrected chi connectivity index (χ4v) is 7.77. The lowest BCUT2D eigenvalue weighted by Crippen LogP contribution is -2.00. The summed E-state index contributed by atoms with van der Waals surface area (Å²) >= 11 is 0. The van der Waals surface area contributed by atoms with E-state index in [1.165, 1.54) is 0 Å². The van der Waals surface area contributed by atoms with E-state index < -0.39 is 0 Å². The van der Waals surface area contributed by atoms with Gasteiger partial charge in [-0.15, -0.1) is 0 Å². The average Bonchev–Trinajstić information content (AvgIpc) is 3.86. The molecule has 0 fully saturated rings. The second kappa shape index (κ2) is 13.0. The van der Waals surface area contributed by atoms with Crippen molar-refractivity contribution in [2.24, 2.45) is 0 Å². The Morgan fingerprint density at radius 3 is 1.68 bits per heavy atom. The second-order valence-corrected chi connectivity index (χ2v) is 13.9. The van der Waals surface area contributed by atoms with Crippen molar-refractivity contribution >= 4 is 43.7 Å². The Bertz CT molecular complexity index is 3150. The maximum Gasteiger partial charge on any atom is 0.228 e. The number of nitrogens with zero attached hydrogens (tertiary/aromatic N) is 5. The number of para-hydroxylation sites is 3. The van der Waals surface area contributed by atoms with Gasteiger partial charge in [-0.1, -0.05) is 133 Å². The van der Waals surface area contributed by atoms with Crippen molar-refractivity contribution in [2.75, 3.05) is 0 Å². The number of rotatable bonds is 6. The second-order valence-electron chi connectivity index (χ2n) is 13.9.